The summed E-state index contributed by atoms with van der Waals surface area (Å²) in [6.07, 6.45) is -3.37. The van der Waals surface area contributed by atoms with Crippen molar-refractivity contribution in [3.05, 3.63) is 63.6 Å². The summed E-state index contributed by atoms with van der Waals surface area (Å²) in [5, 5.41) is 2.61. The van der Waals surface area contributed by atoms with E-state index in [0.29, 0.717) is 17.8 Å². The molecule has 0 spiro atoms. The van der Waals surface area contributed by atoms with Gasteiger partial charge >= 0.3 is 6.18 Å². The number of nitrogens with zero attached hydrogens (tertiary/aromatic N) is 2. The number of benzene rings is 1. The van der Waals surface area contributed by atoms with Crippen LogP contribution in [0.4, 0.5) is 18.9 Å². The average molecular weight is 396 g/mol. The maximum atomic E-state index is 13.2. The number of anilines is 1. The highest BCUT2D eigenvalue weighted by molar-refractivity contribution is 6.33. The minimum Gasteiger partial charge on any atom is -0.320 e. The number of carbonyl (C=O) groups is 1. The highest BCUT2D eigenvalue weighted by Crippen LogP contribution is 2.33. The predicted molar refractivity (Wildman–Crippen MR) is 98.5 cm³/mol. The molecule has 1 N–H and O–H groups in total. The van der Waals surface area contributed by atoms with Gasteiger partial charge in [0.15, 0.2) is 5.65 Å². The van der Waals surface area contributed by atoms with E-state index in [2.05, 4.69) is 10.3 Å². The van der Waals surface area contributed by atoms with Crippen LogP contribution in [0.1, 0.15) is 39.8 Å². The highest BCUT2D eigenvalue weighted by atomic mass is 35.5. The Hall–Kier alpha value is -2.54. The molecule has 0 atom stereocenters. The molecule has 0 fully saturated rings. The molecule has 2 heterocycles. The molecule has 4 nitrogen and oxygen atoms in total. The van der Waals surface area contributed by atoms with E-state index in [-0.39, 0.29) is 16.4 Å². The van der Waals surface area contributed by atoms with Gasteiger partial charge in [0.25, 0.3) is 5.91 Å². The zero-order valence-corrected chi connectivity index (χ0v) is 15.7. The van der Waals surface area contributed by atoms with E-state index in [9.17, 15) is 18.0 Å². The molecule has 0 aliphatic heterocycles. The number of aromatic nitrogens is 2. The standard InChI is InChI=1S/C19H17ClF3N3O/c1-4-14-16(18(27)25-15-7-10(2)5-6-11(15)3)26-9-12(19(21,22)23)8-13(20)17(26)24-14/h5-9H,4H2,1-3H3,(H,25,27). The number of halogens is 4. The summed E-state index contributed by atoms with van der Waals surface area (Å²) in [6, 6.07) is 6.39. The van der Waals surface area contributed by atoms with Gasteiger partial charge in [-0.15, -0.1) is 0 Å². The molecule has 0 aliphatic carbocycles. The van der Waals surface area contributed by atoms with Gasteiger partial charge < -0.3 is 5.32 Å². The maximum absolute atomic E-state index is 13.2. The second kappa shape index (κ2) is 6.88. The monoisotopic (exact) mass is 395 g/mol. The number of pyridine rings is 1. The topological polar surface area (TPSA) is 46.4 Å². The Morgan fingerprint density at radius 3 is 2.59 bits per heavy atom. The molecule has 0 radical (unpaired) electrons. The molecule has 8 heteroatoms. The molecule has 0 saturated heterocycles. The van der Waals surface area contributed by atoms with Crippen molar-refractivity contribution in [2.24, 2.45) is 0 Å². The fraction of sp³-hybridized carbons (Fsp3) is 0.263. The van der Waals surface area contributed by atoms with E-state index in [1.165, 1.54) is 0 Å². The third-order valence-corrected chi connectivity index (χ3v) is 4.54. The van der Waals surface area contributed by atoms with Crippen molar-refractivity contribution < 1.29 is 18.0 Å². The lowest BCUT2D eigenvalue weighted by atomic mass is 10.1. The Labute approximate surface area is 159 Å². The number of carbonyl (C=O) groups excluding carboxylic acids is 1. The van der Waals surface area contributed by atoms with Crippen molar-refractivity contribution in [1.82, 2.24) is 9.38 Å². The van der Waals surface area contributed by atoms with Crippen molar-refractivity contribution in [3.8, 4) is 0 Å². The van der Waals surface area contributed by atoms with E-state index < -0.39 is 17.6 Å². The van der Waals surface area contributed by atoms with Crippen LogP contribution in [0.15, 0.2) is 30.5 Å². The largest absolute Gasteiger partial charge is 0.417 e. The van der Waals surface area contributed by atoms with Gasteiger partial charge in [-0.2, -0.15) is 13.2 Å². The number of hydrogen-bond acceptors (Lipinski definition) is 2. The molecule has 0 unspecified atom stereocenters. The molecule has 0 aliphatic rings. The quantitative estimate of drug-likeness (QED) is 0.642. The van der Waals surface area contributed by atoms with Crippen molar-refractivity contribution in [2.45, 2.75) is 33.4 Å². The molecular weight excluding hydrogens is 379 g/mol. The molecule has 1 amide bonds. The number of nitrogens with one attached hydrogen (secondary N) is 1. The van der Waals surface area contributed by atoms with Gasteiger partial charge in [0.1, 0.15) is 5.69 Å². The molecule has 3 aromatic rings. The molecule has 27 heavy (non-hydrogen) atoms. The van der Waals surface area contributed by atoms with Crippen LogP contribution in [0.2, 0.25) is 5.02 Å². The average Bonchev–Trinajstić information content (AvgIpc) is 2.96. The molecule has 3 rings (SSSR count). The van der Waals surface area contributed by atoms with Crippen molar-refractivity contribution >= 4 is 28.8 Å². The van der Waals surface area contributed by atoms with E-state index in [1.54, 1.807) is 13.0 Å². The van der Waals surface area contributed by atoms with Crippen LogP contribution >= 0.6 is 11.6 Å². The van der Waals surface area contributed by atoms with Crippen LogP contribution in [0.25, 0.3) is 5.65 Å². The first-order valence-electron chi connectivity index (χ1n) is 8.28. The zero-order chi connectivity index (χ0) is 19.9. The first-order chi connectivity index (χ1) is 12.6. The molecular formula is C19H17ClF3N3O. The van der Waals surface area contributed by atoms with Gasteiger partial charge in [0.05, 0.1) is 16.3 Å². The van der Waals surface area contributed by atoms with Crippen LogP contribution < -0.4 is 5.32 Å². The van der Waals surface area contributed by atoms with Crippen LogP contribution in [0.3, 0.4) is 0 Å². The Kier molecular flexibility index (Phi) is 4.90. The third-order valence-electron chi connectivity index (χ3n) is 4.27. The number of aryl methyl sites for hydroxylation is 3. The summed E-state index contributed by atoms with van der Waals surface area (Å²) in [5.41, 5.74) is 1.98. The van der Waals surface area contributed by atoms with Crippen LogP contribution in [-0.2, 0) is 12.6 Å². The normalized spacial score (nSPS) is 11.8. The summed E-state index contributed by atoms with van der Waals surface area (Å²) in [4.78, 5) is 17.2. The van der Waals surface area contributed by atoms with Gasteiger partial charge in [0, 0.05) is 11.9 Å². The van der Waals surface area contributed by atoms with Gasteiger partial charge in [-0.25, -0.2) is 4.98 Å². The first kappa shape index (κ1) is 19.2. The lowest BCUT2D eigenvalue weighted by Crippen LogP contribution is -2.18. The number of rotatable bonds is 3. The second-order valence-corrected chi connectivity index (χ2v) is 6.71. The number of imidazole rings is 1. The lowest BCUT2D eigenvalue weighted by molar-refractivity contribution is -0.137. The van der Waals surface area contributed by atoms with E-state index in [0.717, 1.165) is 27.8 Å². The Balaban J connectivity index is 2.15. The smallest absolute Gasteiger partial charge is 0.320 e. The van der Waals surface area contributed by atoms with E-state index in [1.807, 2.05) is 26.0 Å². The second-order valence-electron chi connectivity index (χ2n) is 6.30. The van der Waals surface area contributed by atoms with Crippen LogP contribution in [0.5, 0.6) is 0 Å². The fourth-order valence-electron chi connectivity index (χ4n) is 2.85. The minimum atomic E-state index is -4.59. The number of fused-ring (bicyclic) bond motifs is 1. The molecule has 1 aromatic carbocycles. The van der Waals surface area contributed by atoms with Crippen molar-refractivity contribution in [2.75, 3.05) is 5.32 Å². The minimum absolute atomic E-state index is 0.0430. The molecule has 142 valence electrons. The predicted octanol–water partition coefficient (Wildman–Crippen LogP) is 5.44. The summed E-state index contributed by atoms with van der Waals surface area (Å²) in [5.74, 6) is -0.538. The SMILES string of the molecule is CCc1nc2c(Cl)cc(C(F)(F)F)cn2c1C(=O)Nc1cc(C)ccc1C. The first-order valence-corrected chi connectivity index (χ1v) is 8.66. The lowest BCUT2D eigenvalue weighted by Gasteiger charge is -2.12. The summed E-state index contributed by atoms with van der Waals surface area (Å²) < 4.78 is 40.6. The molecule has 0 saturated carbocycles. The maximum Gasteiger partial charge on any atom is 0.417 e. The van der Waals surface area contributed by atoms with E-state index in [4.69, 9.17) is 11.6 Å². The zero-order valence-electron chi connectivity index (χ0n) is 14.9. The van der Waals surface area contributed by atoms with Gasteiger partial charge in [-0.3, -0.25) is 9.20 Å². The Morgan fingerprint density at radius 2 is 1.96 bits per heavy atom. The Morgan fingerprint density at radius 1 is 1.26 bits per heavy atom. The molecule has 2 aromatic heterocycles. The van der Waals surface area contributed by atoms with Crippen molar-refractivity contribution in [1.29, 1.82) is 0 Å². The van der Waals surface area contributed by atoms with Gasteiger partial charge in [-0.05, 0) is 43.5 Å². The summed E-state index contributed by atoms with van der Waals surface area (Å²) in [6.45, 7) is 5.49. The van der Waals surface area contributed by atoms with Gasteiger partial charge in [0.2, 0.25) is 0 Å². The number of alkyl halides is 3. The van der Waals surface area contributed by atoms with Crippen LogP contribution in [-0.4, -0.2) is 15.3 Å². The fourth-order valence-corrected chi connectivity index (χ4v) is 3.10. The third kappa shape index (κ3) is 3.64. The Bertz CT molecular complexity index is 1040. The highest BCUT2D eigenvalue weighted by Gasteiger charge is 2.33. The summed E-state index contributed by atoms with van der Waals surface area (Å²) >= 11 is 6.01. The number of hydrogen-bond donors (Lipinski definition) is 1. The van der Waals surface area contributed by atoms with Crippen molar-refractivity contribution in [3.63, 3.8) is 0 Å². The number of amides is 1. The van der Waals surface area contributed by atoms with Gasteiger partial charge in [-0.1, -0.05) is 30.7 Å². The van der Waals surface area contributed by atoms with E-state index >= 15 is 0 Å². The molecule has 0 bridgehead atoms. The summed E-state index contributed by atoms with van der Waals surface area (Å²) in [7, 11) is 0. The van der Waals surface area contributed by atoms with Crippen LogP contribution in [0, 0.1) is 13.8 Å².